The highest BCUT2D eigenvalue weighted by Gasteiger charge is 2.30. The lowest BCUT2D eigenvalue weighted by Crippen LogP contribution is -2.52. The lowest BCUT2D eigenvalue weighted by molar-refractivity contribution is 0.0883. The van der Waals surface area contributed by atoms with E-state index in [1.165, 1.54) is 16.0 Å². The molecule has 1 aromatic carbocycles. The molecular formula is C22H32N4S2. The molecule has 0 saturated carbocycles. The van der Waals surface area contributed by atoms with Gasteiger partial charge in [0.2, 0.25) is 0 Å². The van der Waals surface area contributed by atoms with E-state index in [9.17, 15) is 0 Å². The zero-order valence-electron chi connectivity index (χ0n) is 17.4. The fourth-order valence-electron chi connectivity index (χ4n) is 3.89. The van der Waals surface area contributed by atoms with Crippen LogP contribution in [0.5, 0.6) is 0 Å². The minimum absolute atomic E-state index is 0.219. The normalized spacial score (nSPS) is 17.9. The maximum atomic E-state index is 5.66. The van der Waals surface area contributed by atoms with Gasteiger partial charge in [-0.25, -0.2) is 0 Å². The van der Waals surface area contributed by atoms with Gasteiger partial charge in [0.15, 0.2) is 5.11 Å². The molecule has 3 rings (SSSR count). The van der Waals surface area contributed by atoms with Crippen molar-refractivity contribution in [3.05, 3.63) is 51.7 Å². The SMILES string of the molecule is CCN1CCN([C@H](c2cccs2)[C@H](C)NC(=S)Nc2cccc(C)c2C)CC1. The second kappa shape index (κ2) is 9.83. The summed E-state index contributed by atoms with van der Waals surface area (Å²) in [6, 6.07) is 11.2. The highest BCUT2D eigenvalue weighted by atomic mass is 32.1. The maximum Gasteiger partial charge on any atom is 0.171 e. The van der Waals surface area contributed by atoms with Gasteiger partial charge in [-0.05, 0) is 68.2 Å². The molecule has 152 valence electrons. The Labute approximate surface area is 178 Å². The molecule has 1 fully saturated rings. The third-order valence-electron chi connectivity index (χ3n) is 5.77. The average Bonchev–Trinajstić information content (AvgIpc) is 3.20. The van der Waals surface area contributed by atoms with Crippen molar-refractivity contribution in [3.63, 3.8) is 0 Å². The van der Waals surface area contributed by atoms with E-state index in [2.05, 4.69) is 83.8 Å². The Morgan fingerprint density at radius 1 is 1.14 bits per heavy atom. The van der Waals surface area contributed by atoms with Crippen LogP contribution in [-0.2, 0) is 0 Å². The number of hydrogen-bond donors (Lipinski definition) is 2. The van der Waals surface area contributed by atoms with Crippen molar-refractivity contribution < 1.29 is 0 Å². The van der Waals surface area contributed by atoms with E-state index in [4.69, 9.17) is 12.2 Å². The molecule has 28 heavy (non-hydrogen) atoms. The predicted molar refractivity (Wildman–Crippen MR) is 125 cm³/mol. The lowest BCUT2D eigenvalue weighted by Gasteiger charge is -2.41. The van der Waals surface area contributed by atoms with Gasteiger partial charge in [-0.15, -0.1) is 11.3 Å². The fourth-order valence-corrected chi connectivity index (χ4v) is 5.15. The molecule has 0 spiro atoms. The lowest BCUT2D eigenvalue weighted by atomic mass is 10.0. The Morgan fingerprint density at radius 3 is 2.54 bits per heavy atom. The number of rotatable bonds is 6. The number of likely N-dealkylation sites (N-methyl/N-ethyl adjacent to an activating group) is 1. The third kappa shape index (κ3) is 5.11. The van der Waals surface area contributed by atoms with Gasteiger partial charge in [0.25, 0.3) is 0 Å². The van der Waals surface area contributed by atoms with Gasteiger partial charge < -0.3 is 15.5 Å². The highest BCUT2D eigenvalue weighted by molar-refractivity contribution is 7.80. The summed E-state index contributed by atoms with van der Waals surface area (Å²) in [6.45, 7) is 14.3. The first-order valence-corrected chi connectivity index (χ1v) is 11.4. The molecule has 0 amide bonds. The van der Waals surface area contributed by atoms with Crippen molar-refractivity contribution in [2.45, 2.75) is 39.8 Å². The van der Waals surface area contributed by atoms with Crippen molar-refractivity contribution in [3.8, 4) is 0 Å². The summed E-state index contributed by atoms with van der Waals surface area (Å²) in [5.41, 5.74) is 3.59. The van der Waals surface area contributed by atoms with Gasteiger partial charge in [0.05, 0.1) is 6.04 Å². The molecule has 0 unspecified atom stereocenters. The molecule has 2 aromatic rings. The fraction of sp³-hybridized carbons (Fsp3) is 0.500. The molecule has 1 aliphatic rings. The molecule has 4 nitrogen and oxygen atoms in total. The first-order valence-electron chi connectivity index (χ1n) is 10.1. The second-order valence-corrected chi connectivity index (χ2v) is 8.95. The van der Waals surface area contributed by atoms with E-state index >= 15 is 0 Å². The molecule has 0 radical (unpaired) electrons. The third-order valence-corrected chi connectivity index (χ3v) is 6.93. The van der Waals surface area contributed by atoms with Crippen LogP contribution in [0, 0.1) is 13.8 Å². The molecule has 1 aromatic heterocycles. The molecule has 1 saturated heterocycles. The van der Waals surface area contributed by atoms with Crippen LogP contribution in [0.3, 0.4) is 0 Å². The molecule has 0 aliphatic carbocycles. The summed E-state index contributed by atoms with van der Waals surface area (Å²) in [5.74, 6) is 0. The van der Waals surface area contributed by atoms with Crippen LogP contribution >= 0.6 is 23.6 Å². The molecule has 2 N–H and O–H groups in total. The van der Waals surface area contributed by atoms with Crippen molar-refractivity contribution in [1.82, 2.24) is 15.1 Å². The number of thiocarbonyl (C=S) groups is 1. The number of thiophene rings is 1. The van der Waals surface area contributed by atoms with Crippen LogP contribution in [0.2, 0.25) is 0 Å². The largest absolute Gasteiger partial charge is 0.358 e. The van der Waals surface area contributed by atoms with Crippen molar-refractivity contribution in [2.75, 3.05) is 38.0 Å². The van der Waals surface area contributed by atoms with Gasteiger partial charge >= 0.3 is 0 Å². The molecule has 2 heterocycles. The Morgan fingerprint density at radius 2 is 1.89 bits per heavy atom. The van der Waals surface area contributed by atoms with Crippen molar-refractivity contribution in [2.24, 2.45) is 0 Å². The van der Waals surface area contributed by atoms with Crippen LogP contribution in [-0.4, -0.2) is 53.7 Å². The number of aryl methyl sites for hydroxylation is 1. The number of nitrogens with one attached hydrogen (secondary N) is 2. The van der Waals surface area contributed by atoms with Crippen LogP contribution < -0.4 is 10.6 Å². The van der Waals surface area contributed by atoms with Crippen molar-refractivity contribution >= 4 is 34.4 Å². The van der Waals surface area contributed by atoms with Gasteiger partial charge in [0.1, 0.15) is 0 Å². The zero-order chi connectivity index (χ0) is 20.1. The van der Waals surface area contributed by atoms with E-state index in [0.717, 1.165) is 38.4 Å². The maximum absolute atomic E-state index is 5.66. The summed E-state index contributed by atoms with van der Waals surface area (Å²) >= 11 is 7.49. The van der Waals surface area contributed by atoms with Gasteiger partial charge in [-0.1, -0.05) is 25.1 Å². The zero-order valence-corrected chi connectivity index (χ0v) is 19.0. The highest BCUT2D eigenvalue weighted by Crippen LogP contribution is 2.29. The Bertz CT molecular complexity index is 767. The van der Waals surface area contributed by atoms with Crippen LogP contribution in [0.15, 0.2) is 35.7 Å². The topological polar surface area (TPSA) is 30.5 Å². The van der Waals surface area contributed by atoms with Gasteiger partial charge in [0, 0.05) is 42.8 Å². The Kier molecular flexibility index (Phi) is 7.46. The summed E-state index contributed by atoms with van der Waals surface area (Å²) in [5, 5.41) is 9.82. The number of hydrogen-bond acceptors (Lipinski definition) is 4. The molecule has 1 aliphatic heterocycles. The average molecular weight is 417 g/mol. The second-order valence-electron chi connectivity index (χ2n) is 7.57. The first-order chi connectivity index (χ1) is 13.5. The summed E-state index contributed by atoms with van der Waals surface area (Å²) in [4.78, 5) is 6.53. The predicted octanol–water partition coefficient (Wildman–Crippen LogP) is 4.42. The molecule has 2 atom stereocenters. The Balaban J connectivity index is 1.68. The summed E-state index contributed by atoms with van der Waals surface area (Å²) < 4.78 is 0. The number of nitrogens with zero attached hydrogens (tertiary/aromatic N) is 2. The van der Waals surface area contributed by atoms with Gasteiger partial charge in [-0.2, -0.15) is 0 Å². The minimum atomic E-state index is 0.219. The van der Waals surface area contributed by atoms with Crippen LogP contribution in [0.1, 0.15) is 35.9 Å². The van der Waals surface area contributed by atoms with E-state index in [0.29, 0.717) is 11.2 Å². The van der Waals surface area contributed by atoms with E-state index < -0.39 is 0 Å². The monoisotopic (exact) mass is 416 g/mol. The number of anilines is 1. The van der Waals surface area contributed by atoms with E-state index in [-0.39, 0.29) is 6.04 Å². The minimum Gasteiger partial charge on any atom is -0.358 e. The Hall–Kier alpha value is -1.47. The molecule has 0 bridgehead atoms. The number of benzene rings is 1. The molecular weight excluding hydrogens is 384 g/mol. The number of piperazine rings is 1. The smallest absolute Gasteiger partial charge is 0.171 e. The summed E-state index contributed by atoms with van der Waals surface area (Å²) in [7, 11) is 0. The van der Waals surface area contributed by atoms with Crippen LogP contribution in [0.4, 0.5) is 5.69 Å². The van der Waals surface area contributed by atoms with Crippen LogP contribution in [0.25, 0.3) is 0 Å². The van der Waals surface area contributed by atoms with E-state index in [1.54, 1.807) is 0 Å². The van der Waals surface area contributed by atoms with E-state index in [1.807, 2.05) is 11.3 Å². The van der Waals surface area contributed by atoms with Gasteiger partial charge in [-0.3, -0.25) is 4.90 Å². The standard InChI is InChI=1S/C22H32N4S2/c1-5-25-11-13-26(14-12-25)21(20-10-7-15-28-20)18(4)23-22(27)24-19-9-6-8-16(2)17(19)3/h6-10,15,18,21H,5,11-14H2,1-4H3,(H2,23,24,27)/t18-,21-/m0/s1. The molecule has 6 heteroatoms. The summed E-state index contributed by atoms with van der Waals surface area (Å²) in [6.07, 6.45) is 0. The van der Waals surface area contributed by atoms with Crippen molar-refractivity contribution in [1.29, 1.82) is 0 Å². The quantitative estimate of drug-likeness (QED) is 0.681. The first kappa shape index (κ1) is 21.2.